The van der Waals surface area contributed by atoms with E-state index in [1.165, 1.54) is 0 Å². The lowest BCUT2D eigenvalue weighted by atomic mass is 10.1. The van der Waals surface area contributed by atoms with Crippen molar-refractivity contribution in [1.82, 2.24) is 4.72 Å². The summed E-state index contributed by atoms with van der Waals surface area (Å²) in [6.45, 7) is 1.89. The highest BCUT2D eigenvalue weighted by Gasteiger charge is 2.33. The molecule has 4 nitrogen and oxygen atoms in total. The molecule has 5 heteroatoms. The minimum atomic E-state index is -3.68. The lowest BCUT2D eigenvalue weighted by molar-refractivity contribution is 0.0967. The van der Waals surface area contributed by atoms with Crippen LogP contribution in [0.2, 0.25) is 0 Å². The van der Waals surface area contributed by atoms with Crippen molar-refractivity contribution in [3.63, 3.8) is 0 Å². The quantitative estimate of drug-likeness (QED) is 0.944. The van der Waals surface area contributed by atoms with E-state index >= 15 is 0 Å². The van der Waals surface area contributed by atoms with Crippen LogP contribution in [0, 0.1) is 6.92 Å². The van der Waals surface area contributed by atoms with Gasteiger partial charge in [0.05, 0.1) is 10.9 Å². The first-order chi connectivity index (χ1) is 9.97. The van der Waals surface area contributed by atoms with Gasteiger partial charge in [-0.3, -0.25) is 4.79 Å². The molecule has 0 heterocycles. The molecule has 0 spiro atoms. The maximum Gasteiger partial charge on any atom is 0.241 e. The Morgan fingerprint density at radius 1 is 1.05 bits per heavy atom. The van der Waals surface area contributed by atoms with E-state index in [0.717, 1.165) is 11.1 Å². The highest BCUT2D eigenvalue weighted by Crippen LogP contribution is 2.23. The van der Waals surface area contributed by atoms with Crippen LogP contribution in [0.15, 0.2) is 53.4 Å². The average molecular weight is 301 g/mol. The maximum atomic E-state index is 12.3. The van der Waals surface area contributed by atoms with E-state index in [9.17, 15) is 13.2 Å². The highest BCUT2D eigenvalue weighted by atomic mass is 32.2. The molecule has 0 amide bonds. The Kier molecular flexibility index (Phi) is 3.39. The Bertz CT molecular complexity index is 795. The summed E-state index contributed by atoms with van der Waals surface area (Å²) in [6, 6.07) is 13.1. The molecule has 2 aromatic rings. The van der Waals surface area contributed by atoms with Crippen LogP contribution in [-0.4, -0.2) is 20.2 Å². The van der Waals surface area contributed by atoms with E-state index in [4.69, 9.17) is 0 Å². The van der Waals surface area contributed by atoms with Crippen molar-refractivity contribution < 1.29 is 13.2 Å². The van der Waals surface area contributed by atoms with Crippen LogP contribution < -0.4 is 4.72 Å². The molecular weight excluding hydrogens is 286 g/mol. The van der Waals surface area contributed by atoms with Crippen molar-refractivity contribution in [1.29, 1.82) is 0 Å². The first kappa shape index (κ1) is 14.0. The van der Waals surface area contributed by atoms with Gasteiger partial charge in [0.1, 0.15) is 0 Å². The number of rotatable bonds is 3. The van der Waals surface area contributed by atoms with Crippen molar-refractivity contribution in [2.75, 3.05) is 0 Å². The van der Waals surface area contributed by atoms with E-state index < -0.39 is 16.1 Å². The summed E-state index contributed by atoms with van der Waals surface area (Å²) >= 11 is 0. The molecule has 1 N–H and O–H groups in total. The van der Waals surface area contributed by atoms with Gasteiger partial charge in [0.25, 0.3) is 0 Å². The summed E-state index contributed by atoms with van der Waals surface area (Å²) in [5, 5.41) is 0. The van der Waals surface area contributed by atoms with Crippen LogP contribution >= 0.6 is 0 Å². The fraction of sp³-hybridized carbons (Fsp3) is 0.188. The number of fused-ring (bicyclic) bond motifs is 1. The minimum absolute atomic E-state index is 0.165. The van der Waals surface area contributed by atoms with Gasteiger partial charge in [0.2, 0.25) is 10.0 Å². The summed E-state index contributed by atoms with van der Waals surface area (Å²) in [4.78, 5) is 12.4. The van der Waals surface area contributed by atoms with Crippen LogP contribution in [0.3, 0.4) is 0 Å². The van der Waals surface area contributed by atoms with E-state index in [1.54, 1.807) is 36.4 Å². The third kappa shape index (κ3) is 2.62. The topological polar surface area (TPSA) is 63.2 Å². The molecule has 0 saturated carbocycles. The number of Topliss-reactive ketones (excluding diaryl/α,β-unsaturated/α-hetero) is 1. The Labute approximate surface area is 123 Å². The van der Waals surface area contributed by atoms with E-state index in [1.807, 2.05) is 19.1 Å². The fourth-order valence-corrected chi connectivity index (χ4v) is 3.70. The molecule has 108 valence electrons. The second-order valence-corrected chi connectivity index (χ2v) is 6.93. The molecule has 0 saturated heterocycles. The number of aryl methyl sites for hydroxylation is 1. The number of ketones is 1. The molecule has 1 atom stereocenters. The molecule has 1 aliphatic rings. The van der Waals surface area contributed by atoms with E-state index in [0.29, 0.717) is 12.0 Å². The van der Waals surface area contributed by atoms with E-state index in [-0.39, 0.29) is 10.7 Å². The number of nitrogens with one attached hydrogen (secondary N) is 1. The van der Waals surface area contributed by atoms with Gasteiger partial charge in [0.15, 0.2) is 5.78 Å². The predicted molar refractivity (Wildman–Crippen MR) is 79.8 cm³/mol. The minimum Gasteiger partial charge on any atom is -0.292 e. The number of benzene rings is 2. The van der Waals surface area contributed by atoms with Crippen LogP contribution in [0.5, 0.6) is 0 Å². The molecule has 0 aromatic heterocycles. The van der Waals surface area contributed by atoms with Crippen LogP contribution in [0.25, 0.3) is 0 Å². The summed E-state index contributed by atoms with van der Waals surface area (Å²) in [5.41, 5.74) is 2.48. The first-order valence-corrected chi connectivity index (χ1v) is 8.17. The Hall–Kier alpha value is -1.98. The van der Waals surface area contributed by atoms with Crippen LogP contribution in [0.1, 0.15) is 21.5 Å². The largest absolute Gasteiger partial charge is 0.292 e. The summed E-state index contributed by atoms with van der Waals surface area (Å²) in [6.07, 6.45) is 0.403. The summed E-state index contributed by atoms with van der Waals surface area (Å²) in [5.74, 6) is -0.165. The van der Waals surface area contributed by atoms with Gasteiger partial charge in [-0.25, -0.2) is 8.42 Å². The van der Waals surface area contributed by atoms with Crippen molar-refractivity contribution in [3.8, 4) is 0 Å². The lowest BCUT2D eigenvalue weighted by Gasteiger charge is -2.11. The van der Waals surface area contributed by atoms with Crippen molar-refractivity contribution in [2.24, 2.45) is 0 Å². The zero-order valence-electron chi connectivity index (χ0n) is 11.5. The lowest BCUT2D eigenvalue weighted by Crippen LogP contribution is -2.38. The Morgan fingerprint density at radius 2 is 1.71 bits per heavy atom. The Balaban J connectivity index is 1.85. The maximum absolute atomic E-state index is 12.3. The molecule has 0 bridgehead atoms. The molecule has 1 aliphatic carbocycles. The molecule has 2 aromatic carbocycles. The van der Waals surface area contributed by atoms with E-state index in [2.05, 4.69) is 4.72 Å². The third-order valence-electron chi connectivity index (χ3n) is 3.65. The normalized spacial score (nSPS) is 17.8. The molecule has 1 unspecified atom stereocenters. The summed E-state index contributed by atoms with van der Waals surface area (Å²) in [7, 11) is -3.68. The van der Waals surface area contributed by atoms with Crippen molar-refractivity contribution >= 4 is 15.8 Å². The smallest absolute Gasteiger partial charge is 0.241 e. The first-order valence-electron chi connectivity index (χ1n) is 6.68. The number of sulfonamides is 1. The second kappa shape index (κ2) is 5.09. The zero-order valence-corrected chi connectivity index (χ0v) is 12.4. The number of hydrogen-bond donors (Lipinski definition) is 1. The zero-order chi connectivity index (χ0) is 15.0. The third-order valence-corrected chi connectivity index (χ3v) is 5.14. The highest BCUT2D eigenvalue weighted by molar-refractivity contribution is 7.89. The average Bonchev–Trinajstić information content (AvgIpc) is 2.76. The molecular formula is C16H15NO3S. The molecule has 21 heavy (non-hydrogen) atoms. The summed E-state index contributed by atoms with van der Waals surface area (Å²) < 4.78 is 27.2. The SMILES string of the molecule is Cc1ccc(S(=O)(=O)NC2Cc3ccccc3C2=O)cc1. The standard InChI is InChI=1S/C16H15NO3S/c1-11-6-8-13(9-7-11)21(19,20)17-15-10-12-4-2-3-5-14(12)16(15)18/h2-9,15,17H,10H2,1H3. The second-order valence-electron chi connectivity index (χ2n) is 5.21. The van der Waals surface area contributed by atoms with Crippen molar-refractivity contribution in [3.05, 3.63) is 65.2 Å². The van der Waals surface area contributed by atoms with Gasteiger partial charge in [-0.15, -0.1) is 0 Å². The number of hydrogen-bond acceptors (Lipinski definition) is 3. The number of carbonyl (C=O) groups is 1. The van der Waals surface area contributed by atoms with Crippen molar-refractivity contribution in [2.45, 2.75) is 24.3 Å². The number of carbonyl (C=O) groups excluding carboxylic acids is 1. The molecule has 0 aliphatic heterocycles. The van der Waals surface area contributed by atoms with Gasteiger partial charge < -0.3 is 0 Å². The van der Waals surface area contributed by atoms with Gasteiger partial charge in [-0.1, -0.05) is 42.0 Å². The monoisotopic (exact) mass is 301 g/mol. The van der Waals surface area contributed by atoms with Crippen LogP contribution in [0.4, 0.5) is 0 Å². The fourth-order valence-electron chi connectivity index (χ4n) is 2.51. The van der Waals surface area contributed by atoms with Crippen LogP contribution in [-0.2, 0) is 16.4 Å². The van der Waals surface area contributed by atoms with Gasteiger partial charge >= 0.3 is 0 Å². The van der Waals surface area contributed by atoms with Gasteiger partial charge in [0, 0.05) is 5.56 Å². The molecule has 3 rings (SSSR count). The molecule has 0 radical (unpaired) electrons. The molecule has 0 fully saturated rings. The van der Waals surface area contributed by atoms with Gasteiger partial charge in [-0.2, -0.15) is 4.72 Å². The Morgan fingerprint density at radius 3 is 2.38 bits per heavy atom. The predicted octanol–water partition coefficient (Wildman–Crippen LogP) is 2.08. The van der Waals surface area contributed by atoms with Gasteiger partial charge in [-0.05, 0) is 31.0 Å².